The number of aliphatic hydroxyl groups is 1. The third-order valence-electron chi connectivity index (χ3n) is 5.80. The number of carbonyl (C=O) groups is 1. The number of aliphatic hydroxyl groups excluding tert-OH is 1. The zero-order valence-electron chi connectivity index (χ0n) is 15.9. The highest BCUT2D eigenvalue weighted by molar-refractivity contribution is 5.87. The van der Waals surface area contributed by atoms with Crippen molar-refractivity contribution in [3.05, 3.63) is 18.6 Å². The molecule has 8 nitrogen and oxygen atoms in total. The van der Waals surface area contributed by atoms with E-state index < -0.39 is 12.4 Å². The molecule has 2 aromatic rings. The summed E-state index contributed by atoms with van der Waals surface area (Å²) in [6, 6.07) is 2.00. The zero-order chi connectivity index (χ0) is 19.0. The van der Waals surface area contributed by atoms with E-state index in [9.17, 15) is 9.90 Å². The molecule has 4 heterocycles. The minimum absolute atomic E-state index is 0.0373. The molecule has 1 spiro atoms. The number of hydrogen-bond acceptors (Lipinski definition) is 6. The average molecular weight is 373 g/mol. The number of amides is 1. The second-order valence-corrected chi connectivity index (χ2v) is 7.66. The van der Waals surface area contributed by atoms with Crippen molar-refractivity contribution in [3.8, 4) is 0 Å². The first-order valence-corrected chi connectivity index (χ1v) is 9.68. The summed E-state index contributed by atoms with van der Waals surface area (Å²) in [5, 5.41) is 10.5. The minimum Gasteiger partial charge on any atom is -0.368 e. The number of hydrogen-bond donors (Lipinski definition) is 2. The third-order valence-corrected chi connectivity index (χ3v) is 5.80. The van der Waals surface area contributed by atoms with Crippen molar-refractivity contribution in [1.29, 1.82) is 0 Å². The van der Waals surface area contributed by atoms with Gasteiger partial charge in [-0.05, 0) is 45.6 Å². The van der Waals surface area contributed by atoms with Gasteiger partial charge in [-0.3, -0.25) is 4.79 Å². The largest absolute Gasteiger partial charge is 0.368 e. The van der Waals surface area contributed by atoms with Crippen LogP contribution < -0.4 is 4.90 Å². The second-order valence-electron chi connectivity index (χ2n) is 7.66. The van der Waals surface area contributed by atoms with E-state index in [0.29, 0.717) is 0 Å². The summed E-state index contributed by atoms with van der Waals surface area (Å²) in [7, 11) is 0. The molecule has 2 aliphatic rings. The Hall–Kier alpha value is -2.19. The SMILES string of the molecule is CC(O)O[C@@H](C)C(=O)N1CCCC12CCCN(c1ncnc3[nH]ccc13)C2. The van der Waals surface area contributed by atoms with Crippen LogP contribution in [0.1, 0.15) is 39.5 Å². The third kappa shape index (κ3) is 3.27. The molecule has 146 valence electrons. The summed E-state index contributed by atoms with van der Waals surface area (Å²) in [4.78, 5) is 29.2. The summed E-state index contributed by atoms with van der Waals surface area (Å²) in [5.74, 6) is 0.887. The van der Waals surface area contributed by atoms with Gasteiger partial charge in [-0.2, -0.15) is 0 Å². The first kappa shape index (κ1) is 18.2. The first-order chi connectivity index (χ1) is 13.0. The Balaban J connectivity index is 1.59. The monoisotopic (exact) mass is 373 g/mol. The minimum atomic E-state index is -0.951. The normalized spacial score (nSPS) is 25.3. The molecule has 1 amide bonds. The van der Waals surface area contributed by atoms with Crippen LogP contribution in [0.2, 0.25) is 0 Å². The van der Waals surface area contributed by atoms with Crippen molar-refractivity contribution < 1.29 is 14.6 Å². The van der Waals surface area contributed by atoms with E-state index >= 15 is 0 Å². The molecular formula is C19H27N5O3. The van der Waals surface area contributed by atoms with Gasteiger partial charge in [0.1, 0.15) is 23.9 Å². The molecule has 3 atom stereocenters. The predicted octanol–water partition coefficient (Wildman–Crippen LogP) is 1.66. The molecule has 2 aliphatic heterocycles. The standard InChI is InChI=1S/C19H27N5O3/c1-13(27-14(2)25)18(26)24-10-4-7-19(24)6-3-9-23(11-19)17-15-5-8-20-16(15)21-12-22-17/h5,8,12-14,25H,3-4,6-7,9-11H2,1-2H3,(H,20,21,22)/t13-,14?,19?/m0/s1. The Kier molecular flexibility index (Phi) is 4.77. The molecule has 0 saturated carbocycles. The van der Waals surface area contributed by atoms with E-state index in [1.807, 2.05) is 17.2 Å². The molecule has 2 N–H and O–H groups in total. The van der Waals surface area contributed by atoms with Crippen molar-refractivity contribution >= 4 is 22.8 Å². The van der Waals surface area contributed by atoms with Crippen molar-refractivity contribution in [2.45, 2.75) is 57.5 Å². The molecule has 2 unspecified atom stereocenters. The number of aromatic nitrogens is 3. The Morgan fingerprint density at radius 2 is 2.07 bits per heavy atom. The van der Waals surface area contributed by atoms with Crippen LogP contribution in [0, 0.1) is 0 Å². The Bertz CT molecular complexity index is 823. The molecule has 2 fully saturated rings. The number of aromatic amines is 1. The number of ether oxygens (including phenoxy) is 1. The van der Waals surface area contributed by atoms with E-state index in [2.05, 4.69) is 19.9 Å². The van der Waals surface area contributed by atoms with Gasteiger partial charge >= 0.3 is 0 Å². The maximum Gasteiger partial charge on any atom is 0.252 e. The van der Waals surface area contributed by atoms with E-state index in [1.54, 1.807) is 13.3 Å². The van der Waals surface area contributed by atoms with Gasteiger partial charge in [-0.1, -0.05) is 0 Å². The van der Waals surface area contributed by atoms with Crippen LogP contribution in [0.4, 0.5) is 5.82 Å². The molecule has 2 saturated heterocycles. The smallest absolute Gasteiger partial charge is 0.252 e. The fraction of sp³-hybridized carbons (Fsp3) is 0.632. The van der Waals surface area contributed by atoms with Gasteiger partial charge in [0.2, 0.25) is 0 Å². The highest BCUT2D eigenvalue weighted by Gasteiger charge is 2.47. The summed E-state index contributed by atoms with van der Waals surface area (Å²) < 4.78 is 5.34. The van der Waals surface area contributed by atoms with Gasteiger partial charge in [0.25, 0.3) is 5.91 Å². The lowest BCUT2D eigenvalue weighted by Gasteiger charge is -2.47. The summed E-state index contributed by atoms with van der Waals surface area (Å²) in [5.41, 5.74) is 0.636. The fourth-order valence-electron chi connectivity index (χ4n) is 4.68. The molecule has 2 aromatic heterocycles. The molecule has 4 rings (SSSR count). The van der Waals surface area contributed by atoms with E-state index in [0.717, 1.165) is 62.2 Å². The lowest BCUT2D eigenvalue weighted by atomic mass is 9.86. The predicted molar refractivity (Wildman–Crippen MR) is 101 cm³/mol. The lowest BCUT2D eigenvalue weighted by Crippen LogP contribution is -2.59. The quantitative estimate of drug-likeness (QED) is 0.792. The Morgan fingerprint density at radius 1 is 1.30 bits per heavy atom. The maximum atomic E-state index is 13.0. The fourth-order valence-corrected chi connectivity index (χ4v) is 4.68. The van der Waals surface area contributed by atoms with Crippen LogP contribution in [0.5, 0.6) is 0 Å². The number of fused-ring (bicyclic) bond motifs is 1. The lowest BCUT2D eigenvalue weighted by molar-refractivity contribution is -0.166. The van der Waals surface area contributed by atoms with Crippen LogP contribution in [0.15, 0.2) is 18.6 Å². The number of H-pyrrole nitrogens is 1. The van der Waals surface area contributed by atoms with Gasteiger partial charge in [0.05, 0.1) is 10.9 Å². The number of rotatable bonds is 4. The van der Waals surface area contributed by atoms with Crippen LogP contribution in [-0.2, 0) is 9.53 Å². The molecule has 27 heavy (non-hydrogen) atoms. The Labute approximate surface area is 158 Å². The van der Waals surface area contributed by atoms with E-state index in [1.165, 1.54) is 6.92 Å². The van der Waals surface area contributed by atoms with Gasteiger partial charge in [-0.15, -0.1) is 0 Å². The van der Waals surface area contributed by atoms with Gasteiger partial charge in [0.15, 0.2) is 6.29 Å². The second kappa shape index (κ2) is 7.09. The van der Waals surface area contributed by atoms with Gasteiger partial charge < -0.3 is 24.6 Å². The maximum absolute atomic E-state index is 13.0. The van der Waals surface area contributed by atoms with Crippen molar-refractivity contribution in [2.24, 2.45) is 0 Å². The Morgan fingerprint density at radius 3 is 2.85 bits per heavy atom. The van der Waals surface area contributed by atoms with E-state index in [4.69, 9.17) is 4.74 Å². The number of piperidine rings is 1. The molecule has 0 aliphatic carbocycles. The van der Waals surface area contributed by atoms with Crippen molar-refractivity contribution in [2.75, 3.05) is 24.5 Å². The van der Waals surface area contributed by atoms with E-state index in [-0.39, 0.29) is 11.4 Å². The summed E-state index contributed by atoms with van der Waals surface area (Å²) in [6.07, 6.45) is 5.83. The number of carbonyl (C=O) groups excluding carboxylic acids is 1. The van der Waals surface area contributed by atoms with Crippen LogP contribution >= 0.6 is 0 Å². The molecule has 0 aromatic carbocycles. The van der Waals surface area contributed by atoms with Crippen molar-refractivity contribution in [3.63, 3.8) is 0 Å². The van der Waals surface area contributed by atoms with Crippen LogP contribution in [0.3, 0.4) is 0 Å². The van der Waals surface area contributed by atoms with Gasteiger partial charge in [-0.25, -0.2) is 9.97 Å². The number of nitrogens with zero attached hydrogens (tertiary/aromatic N) is 4. The molecule has 8 heteroatoms. The molecule has 0 radical (unpaired) electrons. The van der Waals surface area contributed by atoms with Crippen LogP contribution in [-0.4, -0.2) is 68.4 Å². The highest BCUT2D eigenvalue weighted by atomic mass is 16.6. The van der Waals surface area contributed by atoms with Crippen LogP contribution in [0.25, 0.3) is 11.0 Å². The topological polar surface area (TPSA) is 94.6 Å². The zero-order valence-corrected chi connectivity index (χ0v) is 15.9. The van der Waals surface area contributed by atoms with Crippen molar-refractivity contribution in [1.82, 2.24) is 19.9 Å². The molecule has 0 bridgehead atoms. The first-order valence-electron chi connectivity index (χ1n) is 9.68. The highest BCUT2D eigenvalue weighted by Crippen LogP contribution is 2.39. The number of likely N-dealkylation sites (tertiary alicyclic amines) is 1. The molecular weight excluding hydrogens is 346 g/mol. The number of anilines is 1. The summed E-state index contributed by atoms with van der Waals surface area (Å²) in [6.45, 7) is 5.67. The summed E-state index contributed by atoms with van der Waals surface area (Å²) >= 11 is 0. The number of nitrogens with one attached hydrogen (secondary N) is 1. The van der Waals surface area contributed by atoms with Gasteiger partial charge in [0, 0.05) is 25.8 Å². The average Bonchev–Trinajstić information content (AvgIpc) is 3.27.